The Balaban J connectivity index is 3.88. The van der Waals surface area contributed by atoms with Crippen LogP contribution in [0.2, 0.25) is 0 Å². The Morgan fingerprint density at radius 2 is 2.08 bits per heavy atom. The number of rotatable bonds is 5. The van der Waals surface area contributed by atoms with E-state index in [1.165, 1.54) is 0 Å². The minimum atomic E-state index is -3.50. The van der Waals surface area contributed by atoms with Crippen molar-refractivity contribution in [1.29, 1.82) is 0 Å². The largest absolute Gasteiger partial charge is 0.466 e. The van der Waals surface area contributed by atoms with Crippen LogP contribution in [0.15, 0.2) is 0 Å². The van der Waals surface area contributed by atoms with Crippen molar-refractivity contribution in [2.24, 2.45) is 5.92 Å². The molecule has 0 N–H and O–H groups in total. The lowest BCUT2D eigenvalue weighted by Gasteiger charge is -2.08. The fourth-order valence-electron chi connectivity index (χ4n) is 0.720. The van der Waals surface area contributed by atoms with Gasteiger partial charge in [0, 0.05) is 10.7 Å². The van der Waals surface area contributed by atoms with Crippen LogP contribution in [0.25, 0.3) is 0 Å². The molecule has 0 heterocycles. The summed E-state index contributed by atoms with van der Waals surface area (Å²) in [6.45, 7) is 3.61. The van der Waals surface area contributed by atoms with Crippen LogP contribution in [0.1, 0.15) is 20.3 Å². The molecule has 0 spiro atoms. The molecule has 0 amide bonds. The van der Waals surface area contributed by atoms with Crippen molar-refractivity contribution in [2.75, 3.05) is 12.4 Å². The highest BCUT2D eigenvalue weighted by molar-refractivity contribution is 8.13. The predicted molar refractivity (Wildman–Crippen MR) is 50.1 cm³/mol. The van der Waals surface area contributed by atoms with Gasteiger partial charge in [0.15, 0.2) is 0 Å². The van der Waals surface area contributed by atoms with E-state index >= 15 is 0 Å². The van der Waals surface area contributed by atoms with Gasteiger partial charge in [-0.15, -0.1) is 0 Å². The third-order valence-corrected chi connectivity index (χ3v) is 2.67. The van der Waals surface area contributed by atoms with Crippen LogP contribution < -0.4 is 0 Å². The standard InChI is InChI=1S/C7H13ClO4S/c1-3-12-7(9)6(2)4-5-13(8,10)11/h6H,3-5H2,1-2H3/t6-/m0/s1. The third-order valence-electron chi connectivity index (χ3n) is 1.48. The fourth-order valence-corrected chi connectivity index (χ4v) is 1.62. The molecule has 0 saturated heterocycles. The molecule has 4 nitrogen and oxygen atoms in total. The zero-order chi connectivity index (χ0) is 10.5. The molecule has 0 saturated carbocycles. The van der Waals surface area contributed by atoms with E-state index in [0.717, 1.165) is 0 Å². The van der Waals surface area contributed by atoms with E-state index in [9.17, 15) is 13.2 Å². The van der Waals surface area contributed by atoms with Gasteiger partial charge in [-0.2, -0.15) is 0 Å². The van der Waals surface area contributed by atoms with E-state index in [2.05, 4.69) is 0 Å². The van der Waals surface area contributed by atoms with Crippen molar-refractivity contribution in [1.82, 2.24) is 0 Å². The monoisotopic (exact) mass is 228 g/mol. The lowest BCUT2D eigenvalue weighted by molar-refractivity contribution is -0.147. The molecule has 0 fully saturated rings. The Morgan fingerprint density at radius 3 is 2.46 bits per heavy atom. The predicted octanol–water partition coefficient (Wildman–Crippen LogP) is 1.14. The Kier molecular flexibility index (Phi) is 5.32. The average Bonchev–Trinajstić information content (AvgIpc) is 1.99. The highest BCUT2D eigenvalue weighted by Gasteiger charge is 2.16. The van der Waals surface area contributed by atoms with Gasteiger partial charge in [-0.3, -0.25) is 4.79 Å². The Bertz CT molecular complexity index is 260. The van der Waals surface area contributed by atoms with Crippen molar-refractivity contribution in [3.8, 4) is 0 Å². The molecular weight excluding hydrogens is 216 g/mol. The minimum absolute atomic E-state index is 0.199. The molecule has 1 atom stereocenters. The Labute approximate surface area is 82.6 Å². The topological polar surface area (TPSA) is 60.4 Å². The van der Waals surface area contributed by atoms with E-state index in [4.69, 9.17) is 15.4 Å². The summed E-state index contributed by atoms with van der Waals surface area (Å²) in [5.74, 6) is -1.01. The molecule has 0 aliphatic carbocycles. The van der Waals surface area contributed by atoms with Crippen molar-refractivity contribution in [2.45, 2.75) is 20.3 Å². The molecule has 0 unspecified atom stereocenters. The first-order valence-electron chi connectivity index (χ1n) is 3.95. The summed E-state index contributed by atoms with van der Waals surface area (Å²) in [4.78, 5) is 11.0. The molecule has 0 radical (unpaired) electrons. The maximum absolute atomic E-state index is 11.0. The molecule has 6 heteroatoms. The summed E-state index contributed by atoms with van der Waals surface area (Å²) >= 11 is 0. The third kappa shape index (κ3) is 6.83. The molecule has 0 bridgehead atoms. The van der Waals surface area contributed by atoms with Crippen molar-refractivity contribution in [3.05, 3.63) is 0 Å². The van der Waals surface area contributed by atoms with Gasteiger partial charge in [-0.1, -0.05) is 6.92 Å². The normalized spacial score (nSPS) is 13.8. The Morgan fingerprint density at radius 1 is 1.54 bits per heavy atom. The van der Waals surface area contributed by atoms with Crippen LogP contribution in [-0.4, -0.2) is 26.7 Å². The number of esters is 1. The molecule has 0 aromatic heterocycles. The van der Waals surface area contributed by atoms with Crippen molar-refractivity contribution < 1.29 is 17.9 Å². The van der Waals surface area contributed by atoms with Gasteiger partial charge in [-0.05, 0) is 13.3 Å². The first-order chi connectivity index (χ1) is 5.87. The van der Waals surface area contributed by atoms with Crippen molar-refractivity contribution >= 4 is 25.7 Å². The highest BCUT2D eigenvalue weighted by Crippen LogP contribution is 2.09. The van der Waals surface area contributed by atoms with Gasteiger partial charge in [0.1, 0.15) is 0 Å². The minimum Gasteiger partial charge on any atom is -0.466 e. The van der Waals surface area contributed by atoms with Gasteiger partial charge in [0.05, 0.1) is 18.3 Å². The Hall–Kier alpha value is -0.290. The maximum Gasteiger partial charge on any atom is 0.308 e. The first-order valence-corrected chi connectivity index (χ1v) is 6.43. The van der Waals surface area contributed by atoms with E-state index < -0.39 is 15.0 Å². The second-order valence-corrected chi connectivity index (χ2v) is 5.58. The van der Waals surface area contributed by atoms with Gasteiger partial charge in [-0.25, -0.2) is 8.42 Å². The van der Waals surface area contributed by atoms with E-state index in [1.807, 2.05) is 0 Å². The molecule has 0 aromatic carbocycles. The van der Waals surface area contributed by atoms with Crippen LogP contribution in [0.4, 0.5) is 0 Å². The van der Waals surface area contributed by atoms with Crippen LogP contribution in [-0.2, 0) is 18.6 Å². The second-order valence-electron chi connectivity index (χ2n) is 2.68. The number of halogens is 1. The van der Waals surface area contributed by atoms with Gasteiger partial charge < -0.3 is 4.74 Å². The van der Waals surface area contributed by atoms with Crippen LogP contribution in [0.5, 0.6) is 0 Å². The lowest BCUT2D eigenvalue weighted by atomic mass is 10.1. The second kappa shape index (κ2) is 5.44. The molecule has 0 aliphatic rings. The molecule has 13 heavy (non-hydrogen) atoms. The molecular formula is C7H13ClO4S. The van der Waals surface area contributed by atoms with E-state index in [-0.39, 0.29) is 18.1 Å². The summed E-state index contributed by atoms with van der Waals surface area (Å²) in [5.41, 5.74) is 0. The molecule has 78 valence electrons. The summed E-state index contributed by atoms with van der Waals surface area (Å²) in [5, 5.41) is 0. The summed E-state index contributed by atoms with van der Waals surface area (Å²) in [6.07, 6.45) is 0.199. The van der Waals surface area contributed by atoms with Gasteiger partial charge >= 0.3 is 5.97 Å². The summed E-state index contributed by atoms with van der Waals surface area (Å²) < 4.78 is 25.8. The highest BCUT2D eigenvalue weighted by atomic mass is 35.7. The van der Waals surface area contributed by atoms with E-state index in [0.29, 0.717) is 6.61 Å². The molecule has 0 aromatic rings. The van der Waals surface area contributed by atoms with Crippen LogP contribution >= 0.6 is 10.7 Å². The molecule has 0 rings (SSSR count). The summed E-state index contributed by atoms with van der Waals surface area (Å²) in [6, 6.07) is 0. The molecule has 0 aliphatic heterocycles. The number of carbonyl (C=O) groups excluding carboxylic acids is 1. The summed E-state index contributed by atoms with van der Waals surface area (Å²) in [7, 11) is 1.48. The SMILES string of the molecule is CCOC(=O)[C@@H](C)CCS(=O)(=O)Cl. The number of hydrogen-bond acceptors (Lipinski definition) is 4. The number of ether oxygens (including phenoxy) is 1. The van der Waals surface area contributed by atoms with E-state index in [1.54, 1.807) is 13.8 Å². The zero-order valence-electron chi connectivity index (χ0n) is 7.62. The van der Waals surface area contributed by atoms with Crippen molar-refractivity contribution in [3.63, 3.8) is 0 Å². The number of carbonyl (C=O) groups is 1. The van der Waals surface area contributed by atoms with Crippen LogP contribution in [0.3, 0.4) is 0 Å². The quantitative estimate of drug-likeness (QED) is 0.523. The number of hydrogen-bond donors (Lipinski definition) is 0. The lowest BCUT2D eigenvalue weighted by Crippen LogP contribution is -2.17. The smallest absolute Gasteiger partial charge is 0.308 e. The average molecular weight is 229 g/mol. The fraction of sp³-hybridized carbons (Fsp3) is 0.857. The van der Waals surface area contributed by atoms with Gasteiger partial charge in [0.25, 0.3) is 0 Å². The maximum atomic E-state index is 11.0. The van der Waals surface area contributed by atoms with Gasteiger partial charge in [0.2, 0.25) is 9.05 Å². The van der Waals surface area contributed by atoms with Crippen LogP contribution in [0, 0.1) is 5.92 Å². The zero-order valence-corrected chi connectivity index (χ0v) is 9.19. The first kappa shape index (κ1) is 12.7.